The second kappa shape index (κ2) is 6.98. The molecular formula is C16H26N2O3S. The van der Waals surface area contributed by atoms with Crippen molar-refractivity contribution < 1.29 is 13.2 Å². The van der Waals surface area contributed by atoms with Crippen molar-refractivity contribution in [1.29, 1.82) is 0 Å². The number of ether oxygens (including phenoxy) is 1. The normalized spacial score (nSPS) is 23.7. The molecule has 0 radical (unpaired) electrons. The second-order valence-electron chi connectivity index (χ2n) is 6.10. The van der Waals surface area contributed by atoms with Gasteiger partial charge in [0.25, 0.3) is 0 Å². The van der Waals surface area contributed by atoms with Gasteiger partial charge in [-0.25, -0.2) is 8.42 Å². The van der Waals surface area contributed by atoms with Crippen molar-refractivity contribution in [3.8, 4) is 0 Å². The van der Waals surface area contributed by atoms with Gasteiger partial charge in [0.1, 0.15) is 0 Å². The molecule has 2 atom stereocenters. The molecule has 1 aliphatic rings. The molecule has 6 heteroatoms. The van der Waals surface area contributed by atoms with Gasteiger partial charge < -0.3 is 9.64 Å². The van der Waals surface area contributed by atoms with Crippen LogP contribution in [-0.4, -0.2) is 65.0 Å². The molecule has 0 bridgehead atoms. The molecule has 2 rings (SSSR count). The summed E-state index contributed by atoms with van der Waals surface area (Å²) in [5, 5.41) is 0. The number of methoxy groups -OCH3 is 1. The third-order valence-electron chi connectivity index (χ3n) is 4.29. The highest BCUT2D eigenvalue weighted by atomic mass is 32.2. The standard InChI is InChI=1S/C16H26N2O3S/c1-13-11-17(12-14(2)18(13)9-10-21-3)15-5-7-16(8-6-15)22(4,19)20/h5-8,13-14H,9-12H2,1-4H3/t13-,14-/m0/s1. The Morgan fingerprint density at radius 2 is 1.68 bits per heavy atom. The molecule has 124 valence electrons. The quantitative estimate of drug-likeness (QED) is 0.823. The van der Waals surface area contributed by atoms with Crippen LogP contribution in [-0.2, 0) is 14.6 Å². The Morgan fingerprint density at radius 1 is 1.14 bits per heavy atom. The van der Waals surface area contributed by atoms with E-state index < -0.39 is 9.84 Å². The van der Waals surface area contributed by atoms with Crippen molar-refractivity contribution in [3.05, 3.63) is 24.3 Å². The van der Waals surface area contributed by atoms with Crippen LogP contribution >= 0.6 is 0 Å². The van der Waals surface area contributed by atoms with Gasteiger partial charge in [-0.3, -0.25) is 4.90 Å². The van der Waals surface area contributed by atoms with E-state index in [1.54, 1.807) is 19.2 Å². The molecule has 1 fully saturated rings. The number of rotatable bonds is 5. The van der Waals surface area contributed by atoms with Crippen LogP contribution in [0.25, 0.3) is 0 Å². The third-order valence-corrected chi connectivity index (χ3v) is 5.41. The Bertz CT molecular complexity index is 574. The topological polar surface area (TPSA) is 49.9 Å². The van der Waals surface area contributed by atoms with Crippen LogP contribution in [0.4, 0.5) is 5.69 Å². The minimum atomic E-state index is -3.13. The van der Waals surface area contributed by atoms with Gasteiger partial charge in [-0.05, 0) is 38.1 Å². The van der Waals surface area contributed by atoms with Crippen LogP contribution in [0.2, 0.25) is 0 Å². The predicted octanol–water partition coefficient (Wildman–Crippen LogP) is 1.64. The summed E-state index contributed by atoms with van der Waals surface area (Å²) in [6, 6.07) is 8.07. The molecule has 0 saturated carbocycles. The van der Waals surface area contributed by atoms with E-state index in [2.05, 4.69) is 23.6 Å². The number of hydrogen-bond acceptors (Lipinski definition) is 5. The first kappa shape index (κ1) is 17.2. The maximum Gasteiger partial charge on any atom is 0.175 e. The maximum absolute atomic E-state index is 11.5. The molecule has 1 aromatic rings. The van der Waals surface area contributed by atoms with Gasteiger partial charge in [-0.2, -0.15) is 0 Å². The summed E-state index contributed by atoms with van der Waals surface area (Å²) in [6.45, 7) is 8.02. The molecule has 22 heavy (non-hydrogen) atoms. The summed E-state index contributed by atoms with van der Waals surface area (Å²) in [6.07, 6.45) is 1.24. The van der Waals surface area contributed by atoms with Gasteiger partial charge in [-0.15, -0.1) is 0 Å². The summed E-state index contributed by atoms with van der Waals surface area (Å²) >= 11 is 0. The summed E-state index contributed by atoms with van der Waals surface area (Å²) in [7, 11) is -1.40. The van der Waals surface area contributed by atoms with Gasteiger partial charge in [0.15, 0.2) is 9.84 Å². The minimum absolute atomic E-state index is 0.371. The molecule has 0 spiro atoms. The summed E-state index contributed by atoms with van der Waals surface area (Å²) < 4.78 is 28.3. The lowest BCUT2D eigenvalue weighted by Crippen LogP contribution is -2.57. The van der Waals surface area contributed by atoms with Crippen LogP contribution in [0.15, 0.2) is 29.2 Å². The number of nitrogens with zero attached hydrogens (tertiary/aromatic N) is 2. The fraction of sp³-hybridized carbons (Fsp3) is 0.625. The van der Waals surface area contributed by atoms with Crippen molar-refractivity contribution in [2.75, 3.05) is 44.5 Å². The maximum atomic E-state index is 11.5. The molecule has 1 heterocycles. The van der Waals surface area contributed by atoms with Crippen LogP contribution in [0.3, 0.4) is 0 Å². The largest absolute Gasteiger partial charge is 0.383 e. The number of sulfone groups is 1. The average Bonchev–Trinajstić information content (AvgIpc) is 2.45. The number of benzene rings is 1. The monoisotopic (exact) mass is 326 g/mol. The van der Waals surface area contributed by atoms with E-state index in [0.717, 1.165) is 31.9 Å². The molecule has 1 aliphatic heterocycles. The van der Waals surface area contributed by atoms with Gasteiger partial charge in [0, 0.05) is 50.8 Å². The van der Waals surface area contributed by atoms with E-state index in [4.69, 9.17) is 4.74 Å². The first-order valence-electron chi connectivity index (χ1n) is 7.62. The van der Waals surface area contributed by atoms with Crippen LogP contribution in [0, 0.1) is 0 Å². The van der Waals surface area contributed by atoms with Crippen molar-refractivity contribution in [2.24, 2.45) is 0 Å². The molecule has 1 saturated heterocycles. The van der Waals surface area contributed by atoms with Crippen LogP contribution < -0.4 is 4.90 Å². The lowest BCUT2D eigenvalue weighted by Gasteiger charge is -2.45. The highest BCUT2D eigenvalue weighted by Crippen LogP contribution is 2.23. The first-order chi connectivity index (χ1) is 10.3. The number of anilines is 1. The van der Waals surface area contributed by atoms with Crippen LogP contribution in [0.1, 0.15) is 13.8 Å². The molecular weight excluding hydrogens is 300 g/mol. The van der Waals surface area contributed by atoms with Gasteiger partial charge >= 0.3 is 0 Å². The van der Waals surface area contributed by atoms with Gasteiger partial charge in [0.2, 0.25) is 0 Å². The Kier molecular flexibility index (Phi) is 5.47. The van der Waals surface area contributed by atoms with E-state index in [0.29, 0.717) is 17.0 Å². The fourth-order valence-electron chi connectivity index (χ4n) is 3.11. The Labute approximate surface area is 133 Å². The summed E-state index contributed by atoms with van der Waals surface area (Å²) in [5.41, 5.74) is 1.08. The van der Waals surface area contributed by atoms with Crippen molar-refractivity contribution >= 4 is 15.5 Å². The zero-order valence-corrected chi connectivity index (χ0v) is 14.6. The van der Waals surface area contributed by atoms with Crippen molar-refractivity contribution in [2.45, 2.75) is 30.8 Å². The molecule has 0 N–H and O–H groups in total. The molecule has 0 amide bonds. The van der Waals surface area contributed by atoms with Crippen molar-refractivity contribution in [1.82, 2.24) is 4.90 Å². The zero-order chi connectivity index (χ0) is 16.3. The molecule has 1 aromatic carbocycles. The van der Waals surface area contributed by atoms with Gasteiger partial charge in [-0.1, -0.05) is 0 Å². The molecule has 0 aromatic heterocycles. The van der Waals surface area contributed by atoms with Crippen LogP contribution in [0.5, 0.6) is 0 Å². The predicted molar refractivity (Wildman–Crippen MR) is 89.3 cm³/mol. The summed E-state index contributed by atoms with van der Waals surface area (Å²) in [5.74, 6) is 0. The highest BCUT2D eigenvalue weighted by molar-refractivity contribution is 7.90. The number of piperazine rings is 1. The van der Waals surface area contributed by atoms with E-state index in [-0.39, 0.29) is 0 Å². The van der Waals surface area contributed by atoms with E-state index in [1.165, 1.54) is 6.26 Å². The van der Waals surface area contributed by atoms with E-state index in [9.17, 15) is 8.42 Å². The zero-order valence-electron chi connectivity index (χ0n) is 13.8. The fourth-order valence-corrected chi connectivity index (χ4v) is 3.74. The average molecular weight is 326 g/mol. The lowest BCUT2D eigenvalue weighted by molar-refractivity contribution is 0.0847. The Hall–Kier alpha value is -1.11. The second-order valence-corrected chi connectivity index (χ2v) is 8.12. The Balaban J connectivity index is 2.08. The first-order valence-corrected chi connectivity index (χ1v) is 9.52. The summed E-state index contributed by atoms with van der Waals surface area (Å²) in [4.78, 5) is 5.16. The minimum Gasteiger partial charge on any atom is -0.383 e. The smallest absolute Gasteiger partial charge is 0.175 e. The van der Waals surface area contributed by atoms with Crippen molar-refractivity contribution in [3.63, 3.8) is 0 Å². The van der Waals surface area contributed by atoms with Gasteiger partial charge in [0.05, 0.1) is 11.5 Å². The molecule has 0 aliphatic carbocycles. The lowest BCUT2D eigenvalue weighted by atomic mass is 10.1. The molecule has 5 nitrogen and oxygen atoms in total. The number of hydrogen-bond donors (Lipinski definition) is 0. The Morgan fingerprint density at radius 3 is 2.14 bits per heavy atom. The third kappa shape index (κ3) is 4.00. The van der Waals surface area contributed by atoms with E-state index >= 15 is 0 Å². The molecule has 0 unspecified atom stereocenters. The highest BCUT2D eigenvalue weighted by Gasteiger charge is 2.29. The van der Waals surface area contributed by atoms with E-state index in [1.807, 2.05) is 12.1 Å². The SMILES string of the molecule is COCCN1[C@@H](C)CN(c2ccc(S(C)(=O)=O)cc2)C[C@@H]1C.